The predicted molar refractivity (Wildman–Crippen MR) is 72.4 cm³/mol. The molecule has 0 radical (unpaired) electrons. The number of carbonyl (C=O) groups excluding carboxylic acids is 1. The van der Waals surface area contributed by atoms with Crippen LogP contribution < -0.4 is 0 Å². The molecular formula is C15H14F2O4. The molecule has 112 valence electrons. The topological polar surface area (TPSA) is 63.6 Å². The summed E-state index contributed by atoms with van der Waals surface area (Å²) in [4.78, 5) is 22.2. The molecule has 0 spiro atoms. The third-order valence-electron chi connectivity index (χ3n) is 2.45. The number of hydrogen-bond acceptors (Lipinski definition) is 3. The zero-order valence-electron chi connectivity index (χ0n) is 11.4. The first kappa shape index (κ1) is 16.6. The number of carboxylic acids is 1. The van der Waals surface area contributed by atoms with Crippen LogP contribution in [0.25, 0.3) is 6.08 Å². The number of benzene rings is 1. The van der Waals surface area contributed by atoms with Gasteiger partial charge < -0.3 is 9.84 Å². The van der Waals surface area contributed by atoms with Crippen LogP contribution in [-0.2, 0) is 14.3 Å². The molecule has 0 saturated carbocycles. The molecule has 4 nitrogen and oxygen atoms in total. The van der Waals surface area contributed by atoms with Crippen molar-refractivity contribution in [3.8, 4) is 0 Å². The van der Waals surface area contributed by atoms with E-state index in [-0.39, 0.29) is 29.7 Å². The van der Waals surface area contributed by atoms with E-state index in [1.165, 1.54) is 6.92 Å². The summed E-state index contributed by atoms with van der Waals surface area (Å²) in [5, 5.41) is 9.03. The maximum Gasteiger partial charge on any atom is 0.333 e. The molecule has 0 heterocycles. The number of carboxylic acid groups (broad SMARTS) is 1. The molecule has 0 amide bonds. The minimum atomic E-state index is -1.26. The van der Waals surface area contributed by atoms with Crippen molar-refractivity contribution in [1.29, 1.82) is 0 Å². The summed E-state index contributed by atoms with van der Waals surface area (Å²) >= 11 is 0. The number of rotatable bonds is 6. The Kier molecular flexibility index (Phi) is 5.78. The average molecular weight is 296 g/mol. The highest BCUT2D eigenvalue weighted by Gasteiger charge is 2.10. The fourth-order valence-corrected chi connectivity index (χ4v) is 1.48. The van der Waals surface area contributed by atoms with E-state index in [0.29, 0.717) is 6.07 Å². The highest BCUT2D eigenvalue weighted by Crippen LogP contribution is 2.14. The Morgan fingerprint density at radius 2 is 1.86 bits per heavy atom. The van der Waals surface area contributed by atoms with Crippen molar-refractivity contribution in [2.45, 2.75) is 13.3 Å². The maximum atomic E-state index is 13.0. The van der Waals surface area contributed by atoms with Crippen molar-refractivity contribution in [3.05, 3.63) is 53.1 Å². The summed E-state index contributed by atoms with van der Waals surface area (Å²) in [5.41, 5.74) is 0.147. The van der Waals surface area contributed by atoms with Crippen molar-refractivity contribution in [2.24, 2.45) is 0 Å². The fraction of sp³-hybridized carbons (Fsp3) is 0.200. The number of hydrogen-bond donors (Lipinski definition) is 1. The first-order valence-corrected chi connectivity index (χ1v) is 6.02. The molecule has 1 N–H and O–H groups in total. The summed E-state index contributed by atoms with van der Waals surface area (Å²) in [6, 6.07) is 2.70. The summed E-state index contributed by atoms with van der Waals surface area (Å²) in [7, 11) is 0. The molecule has 0 aliphatic heterocycles. The van der Waals surface area contributed by atoms with Crippen LogP contribution in [0.15, 0.2) is 35.9 Å². The summed E-state index contributed by atoms with van der Waals surface area (Å²) in [6.45, 7) is 4.69. The minimum absolute atomic E-state index is 0.0797. The third kappa shape index (κ3) is 5.56. The summed E-state index contributed by atoms with van der Waals surface area (Å²) in [5.74, 6) is -3.50. The second-order valence-electron chi connectivity index (χ2n) is 4.34. The Balaban J connectivity index is 2.81. The van der Waals surface area contributed by atoms with Gasteiger partial charge in [0.05, 0.1) is 6.61 Å². The van der Waals surface area contributed by atoms with Crippen molar-refractivity contribution in [1.82, 2.24) is 0 Å². The first-order chi connectivity index (χ1) is 9.79. The van der Waals surface area contributed by atoms with Crippen LogP contribution in [0.2, 0.25) is 0 Å². The number of carbonyl (C=O) groups is 2. The highest BCUT2D eigenvalue weighted by molar-refractivity contribution is 5.92. The molecule has 0 saturated heterocycles. The number of aliphatic carboxylic acids is 1. The predicted octanol–water partition coefficient (Wildman–Crippen LogP) is 2.94. The molecule has 21 heavy (non-hydrogen) atoms. The number of ether oxygens (including phenoxy) is 1. The molecule has 1 aromatic carbocycles. The van der Waals surface area contributed by atoms with Crippen molar-refractivity contribution in [3.63, 3.8) is 0 Å². The molecule has 0 aliphatic carbocycles. The van der Waals surface area contributed by atoms with Gasteiger partial charge in [-0.25, -0.2) is 18.4 Å². The lowest BCUT2D eigenvalue weighted by Gasteiger charge is -2.05. The van der Waals surface area contributed by atoms with E-state index in [1.807, 2.05) is 0 Å². The van der Waals surface area contributed by atoms with Gasteiger partial charge in [0.25, 0.3) is 0 Å². The lowest BCUT2D eigenvalue weighted by atomic mass is 10.1. The van der Waals surface area contributed by atoms with E-state index in [9.17, 15) is 18.4 Å². The van der Waals surface area contributed by atoms with Crippen molar-refractivity contribution < 1.29 is 28.2 Å². The largest absolute Gasteiger partial charge is 0.478 e. The Bertz CT molecular complexity index is 585. The van der Waals surface area contributed by atoms with Crippen molar-refractivity contribution in [2.75, 3.05) is 6.61 Å². The van der Waals surface area contributed by atoms with Crippen LogP contribution in [-0.4, -0.2) is 23.7 Å². The van der Waals surface area contributed by atoms with Crippen LogP contribution in [0.3, 0.4) is 0 Å². The SMILES string of the molecule is C=C(C)C(=O)OCCC(=Cc1cc(F)cc(F)c1)C(=O)O. The Hall–Kier alpha value is -2.50. The molecule has 6 heteroatoms. The zero-order valence-corrected chi connectivity index (χ0v) is 11.4. The molecule has 0 bridgehead atoms. The molecule has 1 aromatic rings. The summed E-state index contributed by atoms with van der Waals surface area (Å²) in [6.07, 6.45) is 1.04. The highest BCUT2D eigenvalue weighted by atomic mass is 19.1. The Morgan fingerprint density at radius 1 is 1.29 bits per heavy atom. The summed E-state index contributed by atoms with van der Waals surface area (Å²) < 4.78 is 30.8. The van der Waals surface area contributed by atoms with Crippen LogP contribution in [0.1, 0.15) is 18.9 Å². The average Bonchev–Trinajstić information content (AvgIpc) is 2.35. The fourth-order valence-electron chi connectivity index (χ4n) is 1.48. The standard InChI is InChI=1S/C15H14F2O4/c1-9(2)15(20)21-4-3-11(14(18)19)5-10-6-12(16)8-13(17)7-10/h5-8H,1,3-4H2,2H3,(H,18,19). The van der Waals surface area contributed by atoms with Gasteiger partial charge in [0, 0.05) is 23.6 Å². The van der Waals surface area contributed by atoms with E-state index in [2.05, 4.69) is 6.58 Å². The first-order valence-electron chi connectivity index (χ1n) is 6.02. The van der Waals surface area contributed by atoms with Gasteiger partial charge in [0.2, 0.25) is 0 Å². The maximum absolute atomic E-state index is 13.0. The van der Waals surface area contributed by atoms with Gasteiger partial charge in [0.1, 0.15) is 11.6 Å². The van der Waals surface area contributed by atoms with Crippen LogP contribution in [0.5, 0.6) is 0 Å². The Morgan fingerprint density at radius 3 is 2.33 bits per heavy atom. The zero-order chi connectivity index (χ0) is 16.0. The number of esters is 1. The van der Waals surface area contributed by atoms with Gasteiger partial charge >= 0.3 is 11.9 Å². The van der Waals surface area contributed by atoms with E-state index >= 15 is 0 Å². The molecule has 1 rings (SSSR count). The second kappa shape index (κ2) is 7.33. The molecule has 0 fully saturated rings. The van der Waals surface area contributed by atoms with E-state index < -0.39 is 23.6 Å². The van der Waals surface area contributed by atoms with Crippen LogP contribution in [0, 0.1) is 11.6 Å². The van der Waals surface area contributed by atoms with Crippen LogP contribution >= 0.6 is 0 Å². The van der Waals surface area contributed by atoms with E-state index in [1.54, 1.807) is 0 Å². The normalized spacial score (nSPS) is 11.1. The molecular weight excluding hydrogens is 282 g/mol. The third-order valence-corrected chi connectivity index (χ3v) is 2.45. The lowest BCUT2D eigenvalue weighted by Crippen LogP contribution is -2.09. The monoisotopic (exact) mass is 296 g/mol. The van der Waals surface area contributed by atoms with Gasteiger partial charge in [-0.15, -0.1) is 0 Å². The molecule has 0 unspecified atom stereocenters. The van der Waals surface area contributed by atoms with E-state index in [4.69, 9.17) is 9.84 Å². The van der Waals surface area contributed by atoms with E-state index in [0.717, 1.165) is 18.2 Å². The van der Waals surface area contributed by atoms with Gasteiger partial charge in [-0.3, -0.25) is 0 Å². The Labute approximate surface area is 120 Å². The van der Waals surface area contributed by atoms with Gasteiger partial charge in [-0.2, -0.15) is 0 Å². The lowest BCUT2D eigenvalue weighted by molar-refractivity contribution is -0.139. The van der Waals surface area contributed by atoms with Gasteiger partial charge in [-0.1, -0.05) is 6.58 Å². The van der Waals surface area contributed by atoms with Gasteiger partial charge in [0.15, 0.2) is 0 Å². The quantitative estimate of drug-likeness (QED) is 0.647. The van der Waals surface area contributed by atoms with Gasteiger partial charge in [-0.05, 0) is 30.7 Å². The smallest absolute Gasteiger partial charge is 0.333 e. The van der Waals surface area contributed by atoms with Crippen LogP contribution in [0.4, 0.5) is 8.78 Å². The number of halogens is 2. The minimum Gasteiger partial charge on any atom is -0.478 e. The molecule has 0 aromatic heterocycles. The second-order valence-corrected chi connectivity index (χ2v) is 4.34. The molecule has 0 aliphatic rings. The van der Waals surface area contributed by atoms with Crippen molar-refractivity contribution >= 4 is 18.0 Å². The molecule has 0 atom stereocenters.